The summed E-state index contributed by atoms with van der Waals surface area (Å²) in [5.41, 5.74) is -0.539. The van der Waals surface area contributed by atoms with E-state index in [9.17, 15) is 18.8 Å². The van der Waals surface area contributed by atoms with Crippen LogP contribution in [0.1, 0.15) is 27.2 Å². The van der Waals surface area contributed by atoms with Crippen molar-refractivity contribution in [3.63, 3.8) is 0 Å². The van der Waals surface area contributed by atoms with Gasteiger partial charge in [-0.2, -0.15) is 0 Å². The highest BCUT2D eigenvalue weighted by atomic mass is 19.1. The number of piperidine rings is 1. The van der Waals surface area contributed by atoms with Crippen LogP contribution in [0.2, 0.25) is 0 Å². The number of carbonyl (C=O) groups excluding carboxylic acids is 1. The van der Waals surface area contributed by atoms with E-state index in [1.54, 1.807) is 20.8 Å². The molecule has 0 radical (unpaired) electrons. The summed E-state index contributed by atoms with van der Waals surface area (Å²) in [7, 11) is 0. The van der Waals surface area contributed by atoms with E-state index in [-0.39, 0.29) is 0 Å². The summed E-state index contributed by atoms with van der Waals surface area (Å²) in [6, 6.07) is -0.430. The van der Waals surface area contributed by atoms with E-state index < -0.39 is 48.1 Å². The number of aliphatic hydroxyl groups excluding tert-OH is 2. The summed E-state index contributed by atoms with van der Waals surface area (Å²) in [5.74, 6) is -3.54. The molecule has 1 aliphatic rings. The number of aliphatic hydroxyl groups is 2. The molecule has 11 heteroatoms. The van der Waals surface area contributed by atoms with Gasteiger partial charge in [-0.15, -0.1) is 0 Å². The lowest BCUT2D eigenvalue weighted by molar-refractivity contribution is -0.165. The Bertz CT molecular complexity index is 450. The molecule has 25 heavy (non-hydrogen) atoms. The molecule has 10 nitrogen and oxygen atoms in total. The van der Waals surface area contributed by atoms with E-state index in [0.717, 1.165) is 6.54 Å². The van der Waals surface area contributed by atoms with Gasteiger partial charge in [-0.05, 0) is 33.7 Å². The predicted molar refractivity (Wildman–Crippen MR) is 82.8 cm³/mol. The summed E-state index contributed by atoms with van der Waals surface area (Å²) < 4.78 is 18.4. The Morgan fingerprint density at radius 3 is 2.00 bits per heavy atom. The number of alkyl halides is 1. The Kier molecular flexibility index (Phi) is 9.31. The summed E-state index contributed by atoms with van der Waals surface area (Å²) in [5, 5.41) is 38.0. The molecule has 6 N–H and O–H groups in total. The number of nitrogens with one attached hydrogen (secondary N) is 2. The molecule has 0 spiro atoms. The molecular weight excluding hydrogens is 343 g/mol. The molecule has 2 unspecified atom stereocenters. The van der Waals surface area contributed by atoms with Crippen molar-refractivity contribution in [2.45, 2.75) is 57.2 Å². The molecule has 0 aromatic rings. The highest BCUT2D eigenvalue weighted by Gasteiger charge is 2.29. The van der Waals surface area contributed by atoms with Gasteiger partial charge in [0.15, 0.2) is 12.2 Å². The van der Waals surface area contributed by atoms with Gasteiger partial charge in [0.05, 0.1) is 6.04 Å². The van der Waals surface area contributed by atoms with Gasteiger partial charge in [0.1, 0.15) is 11.8 Å². The third-order valence-corrected chi connectivity index (χ3v) is 2.92. The maximum Gasteiger partial charge on any atom is 0.407 e. The highest BCUT2D eigenvalue weighted by Crippen LogP contribution is 2.10. The largest absolute Gasteiger partial charge is 0.479 e. The molecule has 1 heterocycles. The Morgan fingerprint density at radius 2 is 1.64 bits per heavy atom. The van der Waals surface area contributed by atoms with Gasteiger partial charge in [0, 0.05) is 6.54 Å². The molecule has 0 aromatic carbocycles. The minimum absolute atomic E-state index is 0.292. The number of carbonyl (C=O) groups is 3. The van der Waals surface area contributed by atoms with E-state index in [2.05, 4.69) is 10.6 Å². The molecule has 4 atom stereocenters. The smallest absolute Gasteiger partial charge is 0.407 e. The third kappa shape index (κ3) is 9.79. The lowest BCUT2D eigenvalue weighted by Crippen LogP contribution is -2.51. The quantitative estimate of drug-likeness (QED) is 0.368. The van der Waals surface area contributed by atoms with Crippen molar-refractivity contribution in [1.82, 2.24) is 10.6 Å². The average Bonchev–Trinajstić information content (AvgIpc) is 2.46. The number of rotatable bonds is 4. The Labute approximate surface area is 144 Å². The van der Waals surface area contributed by atoms with Gasteiger partial charge in [-0.3, -0.25) is 0 Å². The van der Waals surface area contributed by atoms with E-state index in [4.69, 9.17) is 25.2 Å². The van der Waals surface area contributed by atoms with Crippen LogP contribution in [0.5, 0.6) is 0 Å². The lowest BCUT2D eigenvalue weighted by Gasteiger charge is -2.28. The number of aliphatic carboxylic acids is 2. The molecular formula is C14H25FN2O8. The monoisotopic (exact) mass is 368 g/mol. The molecule has 0 aromatic heterocycles. The number of hydrogen-bond acceptors (Lipinski definition) is 7. The van der Waals surface area contributed by atoms with Crippen molar-refractivity contribution in [3.05, 3.63) is 0 Å². The number of carboxylic acid groups (broad SMARTS) is 2. The van der Waals surface area contributed by atoms with Crippen molar-refractivity contribution in [1.29, 1.82) is 0 Å². The molecule has 0 saturated carbocycles. The van der Waals surface area contributed by atoms with Crippen LogP contribution in [-0.2, 0) is 14.3 Å². The molecule has 1 rings (SSSR count). The van der Waals surface area contributed by atoms with Crippen molar-refractivity contribution in [2.24, 2.45) is 0 Å². The second-order valence-electron chi connectivity index (χ2n) is 6.33. The van der Waals surface area contributed by atoms with Crippen molar-refractivity contribution < 1.29 is 43.9 Å². The summed E-state index contributed by atoms with van der Waals surface area (Å²) in [6.07, 6.45) is -5.52. The minimum Gasteiger partial charge on any atom is -0.479 e. The van der Waals surface area contributed by atoms with Crippen LogP contribution in [0.4, 0.5) is 9.18 Å². The molecule has 0 aliphatic carbocycles. The molecule has 1 fully saturated rings. The fourth-order valence-electron chi connectivity index (χ4n) is 1.71. The van der Waals surface area contributed by atoms with Crippen LogP contribution >= 0.6 is 0 Å². The van der Waals surface area contributed by atoms with Crippen LogP contribution in [0.25, 0.3) is 0 Å². The van der Waals surface area contributed by atoms with Crippen LogP contribution in [0.3, 0.4) is 0 Å². The first-order valence-corrected chi connectivity index (χ1v) is 7.51. The predicted octanol–water partition coefficient (Wildman–Crippen LogP) is -0.911. The van der Waals surface area contributed by atoms with E-state index >= 15 is 0 Å². The van der Waals surface area contributed by atoms with Gasteiger partial charge in [0.2, 0.25) is 0 Å². The van der Waals surface area contributed by atoms with Gasteiger partial charge in [0.25, 0.3) is 0 Å². The van der Waals surface area contributed by atoms with E-state index in [1.807, 2.05) is 0 Å². The first-order chi connectivity index (χ1) is 11.3. The number of alkyl carbamates (subject to hydrolysis) is 1. The maximum absolute atomic E-state index is 13.3. The normalized spacial score (nSPS) is 22.6. The second-order valence-corrected chi connectivity index (χ2v) is 6.33. The van der Waals surface area contributed by atoms with Crippen LogP contribution in [0, 0.1) is 0 Å². The summed E-state index contributed by atoms with van der Waals surface area (Å²) in [4.78, 5) is 30.9. The van der Waals surface area contributed by atoms with Crippen molar-refractivity contribution >= 4 is 18.0 Å². The zero-order chi connectivity index (χ0) is 19.8. The number of halogens is 1. The van der Waals surface area contributed by atoms with Gasteiger partial charge in [-0.25, -0.2) is 18.8 Å². The molecule has 146 valence electrons. The molecule has 1 aliphatic heterocycles. The van der Waals surface area contributed by atoms with Gasteiger partial charge < -0.3 is 35.8 Å². The first-order valence-electron chi connectivity index (χ1n) is 7.51. The van der Waals surface area contributed by atoms with Crippen LogP contribution < -0.4 is 10.6 Å². The third-order valence-electron chi connectivity index (χ3n) is 2.92. The average molecular weight is 368 g/mol. The minimum atomic E-state index is -2.27. The van der Waals surface area contributed by atoms with E-state index in [1.165, 1.54) is 0 Å². The number of amides is 1. The van der Waals surface area contributed by atoms with E-state index in [0.29, 0.717) is 13.0 Å². The Hall–Kier alpha value is -1.98. The Morgan fingerprint density at radius 1 is 1.16 bits per heavy atom. The summed E-state index contributed by atoms with van der Waals surface area (Å²) in [6.45, 7) is 6.35. The molecule has 1 saturated heterocycles. The SMILES string of the molecule is CC(C)(C)OC(=O)N[C@H]1CCNC[C@H]1F.O=C(O)C(O)C(O)C(=O)O. The van der Waals surface area contributed by atoms with Crippen molar-refractivity contribution in [2.75, 3.05) is 13.1 Å². The fraction of sp³-hybridized carbons (Fsp3) is 0.786. The number of carboxylic acids is 2. The van der Waals surface area contributed by atoms with Gasteiger partial charge >= 0.3 is 18.0 Å². The van der Waals surface area contributed by atoms with Crippen LogP contribution in [0.15, 0.2) is 0 Å². The fourth-order valence-corrected chi connectivity index (χ4v) is 1.71. The Balaban J connectivity index is 0.000000504. The highest BCUT2D eigenvalue weighted by molar-refractivity contribution is 5.83. The standard InChI is InChI=1S/C10H19FN2O2.C4H6O6/c1-10(2,3)15-9(14)13-8-4-5-12-6-7(8)11;5-1(3(7)8)2(6)4(9)10/h7-8,12H,4-6H2,1-3H3,(H,13,14);1-2,5-6H,(H,7,8)(H,9,10)/t7-,8+;/m1./s1. The number of hydrogen-bond donors (Lipinski definition) is 6. The van der Waals surface area contributed by atoms with Gasteiger partial charge in [-0.1, -0.05) is 0 Å². The first kappa shape index (κ1) is 23.0. The molecule has 0 bridgehead atoms. The lowest BCUT2D eigenvalue weighted by atomic mass is 10.1. The molecule has 1 amide bonds. The zero-order valence-electron chi connectivity index (χ0n) is 14.2. The van der Waals surface area contributed by atoms with Crippen LogP contribution in [-0.4, -0.2) is 81.6 Å². The topological polar surface area (TPSA) is 165 Å². The van der Waals surface area contributed by atoms with Crippen molar-refractivity contribution in [3.8, 4) is 0 Å². The second kappa shape index (κ2) is 10.1. The number of ether oxygens (including phenoxy) is 1. The zero-order valence-corrected chi connectivity index (χ0v) is 14.2. The summed E-state index contributed by atoms with van der Waals surface area (Å²) >= 11 is 0. The maximum atomic E-state index is 13.3.